The van der Waals surface area contributed by atoms with Gasteiger partial charge < -0.3 is 14.8 Å². The van der Waals surface area contributed by atoms with Crippen molar-refractivity contribution in [1.82, 2.24) is 9.97 Å². The van der Waals surface area contributed by atoms with E-state index < -0.39 is 5.56 Å². The van der Waals surface area contributed by atoms with Crippen molar-refractivity contribution >= 4 is 11.6 Å². The molecule has 0 saturated carbocycles. The molecular formula is C14H15ClN2O3. The highest BCUT2D eigenvalue weighted by Crippen LogP contribution is 2.25. The molecule has 0 aliphatic rings. The average molecular weight is 295 g/mol. The Hall–Kier alpha value is -1.85. The van der Waals surface area contributed by atoms with Gasteiger partial charge in [0.25, 0.3) is 5.56 Å². The summed E-state index contributed by atoms with van der Waals surface area (Å²) in [6.07, 6.45) is 0.437. The van der Waals surface area contributed by atoms with Crippen LogP contribution in [0, 0.1) is 0 Å². The number of benzene rings is 1. The summed E-state index contributed by atoms with van der Waals surface area (Å²) in [6.45, 7) is 2.92. The normalized spacial score (nSPS) is 10.7. The molecular weight excluding hydrogens is 280 g/mol. The molecule has 0 unspecified atom stereocenters. The van der Waals surface area contributed by atoms with Crippen molar-refractivity contribution in [3.05, 3.63) is 45.5 Å². The molecule has 0 atom stereocenters. The quantitative estimate of drug-likeness (QED) is 0.830. The molecule has 1 aromatic carbocycles. The first-order valence-corrected chi connectivity index (χ1v) is 6.65. The second kappa shape index (κ2) is 6.54. The van der Waals surface area contributed by atoms with E-state index in [9.17, 15) is 9.90 Å². The second-order valence-electron chi connectivity index (χ2n) is 4.17. The number of nitrogens with zero attached hydrogens (tertiary/aromatic N) is 1. The van der Waals surface area contributed by atoms with Crippen LogP contribution >= 0.6 is 11.6 Å². The number of ether oxygens (including phenoxy) is 1. The van der Waals surface area contributed by atoms with Gasteiger partial charge in [-0.1, -0.05) is 23.7 Å². The third-order valence-corrected chi connectivity index (χ3v) is 2.99. The molecule has 1 aromatic heterocycles. The highest BCUT2D eigenvalue weighted by molar-refractivity contribution is 6.30. The van der Waals surface area contributed by atoms with Gasteiger partial charge in [0.1, 0.15) is 11.4 Å². The molecule has 0 saturated heterocycles. The van der Waals surface area contributed by atoms with E-state index in [1.165, 1.54) is 0 Å². The summed E-state index contributed by atoms with van der Waals surface area (Å²) in [5, 5.41) is 10.4. The Morgan fingerprint density at radius 2 is 2.25 bits per heavy atom. The molecule has 0 amide bonds. The van der Waals surface area contributed by atoms with Gasteiger partial charge in [-0.15, -0.1) is 0 Å². The molecule has 5 nitrogen and oxygen atoms in total. The van der Waals surface area contributed by atoms with Crippen LogP contribution in [0.15, 0.2) is 29.1 Å². The van der Waals surface area contributed by atoms with Crippen LogP contribution in [0.1, 0.15) is 12.7 Å². The number of nitrogens with one attached hydrogen (secondary N) is 1. The molecule has 0 bridgehead atoms. The standard InChI is InChI=1S/C14H15ClN2O3/c1-2-20-7-6-11-16-13(18)12(14(19)17-11)9-4-3-5-10(15)8-9/h3-5,8H,2,6-7H2,1H3,(H2,16,17,18,19). The fraction of sp³-hybridized carbons (Fsp3) is 0.286. The maximum Gasteiger partial charge on any atom is 0.262 e. The van der Waals surface area contributed by atoms with Crippen molar-refractivity contribution in [2.24, 2.45) is 0 Å². The molecule has 20 heavy (non-hydrogen) atoms. The molecule has 2 aromatic rings. The summed E-state index contributed by atoms with van der Waals surface area (Å²) in [7, 11) is 0. The molecule has 0 aliphatic heterocycles. The van der Waals surface area contributed by atoms with Gasteiger partial charge in [-0.2, -0.15) is 4.98 Å². The van der Waals surface area contributed by atoms with E-state index in [1.54, 1.807) is 24.3 Å². The number of aromatic hydroxyl groups is 1. The van der Waals surface area contributed by atoms with E-state index >= 15 is 0 Å². The minimum atomic E-state index is -0.397. The zero-order chi connectivity index (χ0) is 14.5. The highest BCUT2D eigenvalue weighted by Gasteiger charge is 2.13. The van der Waals surface area contributed by atoms with E-state index in [-0.39, 0.29) is 11.4 Å². The first-order chi connectivity index (χ1) is 9.61. The molecule has 106 valence electrons. The maximum atomic E-state index is 12.1. The maximum absolute atomic E-state index is 12.1. The number of halogens is 1. The number of aromatic nitrogens is 2. The van der Waals surface area contributed by atoms with Crippen LogP contribution in [0.4, 0.5) is 0 Å². The summed E-state index contributed by atoms with van der Waals surface area (Å²) in [4.78, 5) is 18.7. The van der Waals surface area contributed by atoms with E-state index in [1.807, 2.05) is 6.92 Å². The zero-order valence-corrected chi connectivity index (χ0v) is 11.8. The molecule has 0 radical (unpaired) electrons. The van der Waals surface area contributed by atoms with Crippen molar-refractivity contribution < 1.29 is 9.84 Å². The predicted molar refractivity (Wildman–Crippen MR) is 77.2 cm³/mol. The van der Waals surface area contributed by atoms with Crippen LogP contribution in [0.2, 0.25) is 5.02 Å². The third kappa shape index (κ3) is 3.37. The Balaban J connectivity index is 2.34. The van der Waals surface area contributed by atoms with Gasteiger partial charge in [0.2, 0.25) is 5.88 Å². The summed E-state index contributed by atoms with van der Waals surface area (Å²) in [5.74, 6) is 0.0919. The topological polar surface area (TPSA) is 75.2 Å². The summed E-state index contributed by atoms with van der Waals surface area (Å²) in [6, 6.07) is 6.70. The predicted octanol–water partition coefficient (Wildman–Crippen LogP) is 2.37. The van der Waals surface area contributed by atoms with Gasteiger partial charge in [-0.25, -0.2) is 0 Å². The Kier molecular flexibility index (Phi) is 4.76. The highest BCUT2D eigenvalue weighted by atomic mass is 35.5. The molecule has 2 N–H and O–H groups in total. The molecule has 2 rings (SSSR count). The van der Waals surface area contributed by atoms with Gasteiger partial charge >= 0.3 is 0 Å². The summed E-state index contributed by atoms with van der Waals surface area (Å²) >= 11 is 5.88. The van der Waals surface area contributed by atoms with Gasteiger partial charge in [0.15, 0.2) is 0 Å². The molecule has 0 aliphatic carbocycles. The fourth-order valence-corrected chi connectivity index (χ4v) is 2.03. The number of rotatable bonds is 5. The lowest BCUT2D eigenvalue weighted by Crippen LogP contribution is -2.15. The number of aromatic amines is 1. The van der Waals surface area contributed by atoms with Crippen LogP contribution in [-0.2, 0) is 11.2 Å². The van der Waals surface area contributed by atoms with Crippen molar-refractivity contribution in [3.8, 4) is 17.0 Å². The summed E-state index contributed by atoms with van der Waals surface area (Å²) < 4.78 is 5.19. The van der Waals surface area contributed by atoms with Gasteiger partial charge in [0.05, 0.1) is 6.61 Å². The van der Waals surface area contributed by atoms with E-state index in [0.29, 0.717) is 36.0 Å². The molecule has 6 heteroatoms. The van der Waals surface area contributed by atoms with Gasteiger partial charge in [-0.05, 0) is 24.6 Å². The Bertz CT molecular complexity index is 655. The lowest BCUT2D eigenvalue weighted by atomic mass is 10.1. The SMILES string of the molecule is CCOCCc1nc(O)c(-c2cccc(Cl)c2)c(=O)[nH]1. The lowest BCUT2D eigenvalue weighted by molar-refractivity contribution is 0.149. The second-order valence-corrected chi connectivity index (χ2v) is 4.60. The van der Waals surface area contributed by atoms with E-state index in [2.05, 4.69) is 9.97 Å². The molecule has 0 spiro atoms. The number of hydrogen-bond acceptors (Lipinski definition) is 4. The molecule has 1 heterocycles. The Morgan fingerprint density at radius 3 is 2.90 bits per heavy atom. The van der Waals surface area contributed by atoms with Gasteiger partial charge in [0, 0.05) is 18.1 Å². The Morgan fingerprint density at radius 1 is 1.45 bits per heavy atom. The lowest BCUT2D eigenvalue weighted by Gasteiger charge is -2.06. The summed E-state index contributed by atoms with van der Waals surface area (Å²) in [5.41, 5.74) is 0.249. The first kappa shape index (κ1) is 14.6. The zero-order valence-electron chi connectivity index (χ0n) is 11.0. The van der Waals surface area contributed by atoms with Crippen LogP contribution in [0.5, 0.6) is 5.88 Å². The van der Waals surface area contributed by atoms with Crippen LogP contribution < -0.4 is 5.56 Å². The van der Waals surface area contributed by atoms with Crippen LogP contribution in [0.3, 0.4) is 0 Å². The monoisotopic (exact) mass is 294 g/mol. The number of hydrogen-bond donors (Lipinski definition) is 2. The first-order valence-electron chi connectivity index (χ1n) is 6.27. The third-order valence-electron chi connectivity index (χ3n) is 2.75. The minimum Gasteiger partial charge on any atom is -0.493 e. The fourth-order valence-electron chi connectivity index (χ4n) is 1.84. The molecule has 0 fully saturated rings. The van der Waals surface area contributed by atoms with E-state index in [4.69, 9.17) is 16.3 Å². The minimum absolute atomic E-state index is 0.118. The average Bonchev–Trinajstić information content (AvgIpc) is 2.38. The van der Waals surface area contributed by atoms with Gasteiger partial charge in [-0.3, -0.25) is 4.79 Å². The van der Waals surface area contributed by atoms with Crippen LogP contribution in [-0.4, -0.2) is 28.3 Å². The van der Waals surface area contributed by atoms with E-state index in [0.717, 1.165) is 0 Å². The van der Waals surface area contributed by atoms with Crippen molar-refractivity contribution in [1.29, 1.82) is 0 Å². The number of H-pyrrole nitrogens is 1. The van der Waals surface area contributed by atoms with Crippen molar-refractivity contribution in [2.75, 3.05) is 13.2 Å². The van der Waals surface area contributed by atoms with Crippen molar-refractivity contribution in [2.45, 2.75) is 13.3 Å². The van der Waals surface area contributed by atoms with Crippen molar-refractivity contribution in [3.63, 3.8) is 0 Å². The van der Waals surface area contributed by atoms with Crippen LogP contribution in [0.25, 0.3) is 11.1 Å². The Labute approximate surface area is 121 Å². The smallest absolute Gasteiger partial charge is 0.262 e. The largest absolute Gasteiger partial charge is 0.493 e.